The van der Waals surface area contributed by atoms with Crippen LogP contribution in [0.15, 0.2) is 39.9 Å². The molecule has 3 N–H and O–H groups in total. The van der Waals surface area contributed by atoms with Gasteiger partial charge in [-0.3, -0.25) is 18.7 Å². The number of amides is 1. The minimum absolute atomic E-state index is 0.250. The summed E-state index contributed by atoms with van der Waals surface area (Å²) in [6.45, 7) is 4.70. The highest BCUT2D eigenvalue weighted by molar-refractivity contribution is 5.88. The summed E-state index contributed by atoms with van der Waals surface area (Å²) in [5, 5.41) is 12.7. The summed E-state index contributed by atoms with van der Waals surface area (Å²) in [6.07, 6.45) is 5.49. The number of carboxylic acid groups (broad SMARTS) is 1. The largest absolute Gasteiger partial charge is 0.479 e. The predicted molar refractivity (Wildman–Crippen MR) is 142 cm³/mol. The molecule has 202 valence electrons. The van der Waals surface area contributed by atoms with E-state index in [0.717, 1.165) is 19.3 Å². The molecule has 0 aliphatic heterocycles. The summed E-state index contributed by atoms with van der Waals surface area (Å²) >= 11 is 0. The van der Waals surface area contributed by atoms with Crippen LogP contribution in [0, 0.1) is 5.41 Å². The van der Waals surface area contributed by atoms with Gasteiger partial charge in [0.1, 0.15) is 11.3 Å². The molecule has 5 rings (SSSR count). The second-order valence-corrected chi connectivity index (χ2v) is 10.9. The lowest BCUT2D eigenvalue weighted by Crippen LogP contribution is -2.46. The van der Waals surface area contributed by atoms with Gasteiger partial charge in [0.05, 0.1) is 5.41 Å². The van der Waals surface area contributed by atoms with E-state index in [1.165, 1.54) is 4.57 Å². The molecule has 2 heterocycles. The summed E-state index contributed by atoms with van der Waals surface area (Å²) in [6, 6.07) is 7.59. The van der Waals surface area contributed by atoms with Gasteiger partial charge < -0.3 is 15.4 Å². The third kappa shape index (κ3) is 4.16. The molecule has 3 atom stereocenters. The van der Waals surface area contributed by atoms with Crippen LogP contribution < -0.4 is 16.6 Å². The van der Waals surface area contributed by atoms with Gasteiger partial charge in [-0.1, -0.05) is 50.6 Å². The lowest BCUT2D eigenvalue weighted by atomic mass is 9.68. The Morgan fingerprint density at radius 1 is 1.05 bits per heavy atom. The van der Waals surface area contributed by atoms with Crippen LogP contribution >= 0.6 is 0 Å². The summed E-state index contributed by atoms with van der Waals surface area (Å²) in [5.41, 5.74) is -0.607. The third-order valence-electron chi connectivity index (χ3n) is 8.46. The maximum absolute atomic E-state index is 13.7. The average Bonchev–Trinajstić information content (AvgIpc) is 3.48. The van der Waals surface area contributed by atoms with Crippen molar-refractivity contribution in [1.29, 1.82) is 0 Å². The number of hydrogen-bond acceptors (Lipinski definition) is 5. The quantitative estimate of drug-likeness (QED) is 0.395. The number of aromatic amines is 1. The topological polar surface area (TPSA) is 139 Å². The third-order valence-corrected chi connectivity index (χ3v) is 8.46. The standard InChI is InChI=1S/C28H35N5O5/c1-3-15-32-21-20(22(34)33(16-4-2)26(32)38)29-24(31-21)27-11-8-12-28(17-27,14-13-27)25(37)30-19(23(35)36)18-9-6-5-7-10-18/h5-7,9-10,19H,3-4,8,11-17H2,1-2H3,(H,29,31)(H,30,37)(H,35,36)/t19-,27?,28?/m1/s1. The van der Waals surface area contributed by atoms with E-state index in [4.69, 9.17) is 4.98 Å². The fraction of sp³-hybridized carbons (Fsp3) is 0.536. The molecule has 10 nitrogen and oxygen atoms in total. The van der Waals surface area contributed by atoms with Crippen LogP contribution in [0.1, 0.15) is 82.6 Å². The number of imidazole rings is 1. The van der Waals surface area contributed by atoms with Crippen molar-refractivity contribution in [2.75, 3.05) is 0 Å². The Kier molecular flexibility index (Phi) is 6.75. The molecular weight excluding hydrogens is 486 g/mol. The number of benzene rings is 1. The van der Waals surface area contributed by atoms with Gasteiger partial charge in [0.2, 0.25) is 5.91 Å². The van der Waals surface area contributed by atoms with Gasteiger partial charge >= 0.3 is 11.7 Å². The van der Waals surface area contributed by atoms with Crippen molar-refractivity contribution in [3.63, 3.8) is 0 Å². The SMILES string of the molecule is CCCn1c(=O)c2[nH]c(C34CCCC(C(=O)N[C@@H](C(=O)O)c5ccccc5)(CC3)C4)nc2n(CCC)c1=O. The van der Waals surface area contributed by atoms with Gasteiger partial charge in [-0.25, -0.2) is 14.6 Å². The van der Waals surface area contributed by atoms with Gasteiger partial charge in [0.25, 0.3) is 5.56 Å². The van der Waals surface area contributed by atoms with Crippen molar-refractivity contribution < 1.29 is 14.7 Å². The summed E-state index contributed by atoms with van der Waals surface area (Å²) in [4.78, 5) is 60.2. The number of fused-ring (bicyclic) bond motifs is 3. The number of carboxylic acids is 1. The summed E-state index contributed by atoms with van der Waals surface area (Å²) in [5.74, 6) is -0.703. The summed E-state index contributed by atoms with van der Waals surface area (Å²) < 4.78 is 2.86. The van der Waals surface area contributed by atoms with E-state index in [1.54, 1.807) is 34.9 Å². The minimum atomic E-state index is -1.12. The maximum Gasteiger partial charge on any atom is 0.332 e. The van der Waals surface area contributed by atoms with Crippen molar-refractivity contribution >= 4 is 23.0 Å². The Balaban J connectivity index is 1.50. The molecule has 0 radical (unpaired) electrons. The van der Waals surface area contributed by atoms with E-state index in [1.807, 2.05) is 13.8 Å². The molecule has 2 aromatic heterocycles. The molecule has 2 bridgehead atoms. The van der Waals surface area contributed by atoms with Crippen LogP contribution in [-0.4, -0.2) is 36.1 Å². The van der Waals surface area contributed by atoms with Gasteiger partial charge in [-0.05, 0) is 50.5 Å². The Labute approximate surface area is 220 Å². The van der Waals surface area contributed by atoms with Crippen molar-refractivity contribution in [1.82, 2.24) is 24.4 Å². The van der Waals surface area contributed by atoms with Gasteiger partial charge in [0.15, 0.2) is 11.7 Å². The number of carbonyl (C=O) groups is 2. The van der Waals surface area contributed by atoms with E-state index in [-0.39, 0.29) is 17.2 Å². The fourth-order valence-corrected chi connectivity index (χ4v) is 6.60. The molecule has 2 aliphatic carbocycles. The second kappa shape index (κ2) is 9.89. The molecule has 0 spiro atoms. The summed E-state index contributed by atoms with van der Waals surface area (Å²) in [7, 11) is 0. The van der Waals surface area contributed by atoms with Gasteiger partial charge in [-0.15, -0.1) is 0 Å². The highest BCUT2D eigenvalue weighted by Gasteiger charge is 2.57. The lowest BCUT2D eigenvalue weighted by molar-refractivity contribution is -0.144. The van der Waals surface area contributed by atoms with E-state index >= 15 is 0 Å². The number of nitrogens with zero attached hydrogens (tertiary/aromatic N) is 3. The molecule has 3 aromatic rings. The first-order valence-corrected chi connectivity index (χ1v) is 13.6. The molecule has 2 saturated carbocycles. The number of aryl methyl sites for hydroxylation is 1. The number of carbonyl (C=O) groups excluding carboxylic acids is 1. The second-order valence-electron chi connectivity index (χ2n) is 10.9. The molecule has 1 amide bonds. The van der Waals surface area contributed by atoms with Crippen molar-refractivity contribution in [3.8, 4) is 0 Å². The maximum atomic E-state index is 13.7. The number of aliphatic carboxylic acids is 1. The monoisotopic (exact) mass is 521 g/mol. The number of rotatable bonds is 9. The number of aromatic nitrogens is 4. The average molecular weight is 522 g/mol. The van der Waals surface area contributed by atoms with Crippen molar-refractivity contribution in [3.05, 3.63) is 62.6 Å². The molecular formula is C28H35N5O5. The molecule has 38 heavy (non-hydrogen) atoms. The first-order chi connectivity index (χ1) is 18.2. The highest BCUT2D eigenvalue weighted by Crippen LogP contribution is 2.59. The van der Waals surface area contributed by atoms with Crippen LogP contribution in [0.3, 0.4) is 0 Å². The first-order valence-electron chi connectivity index (χ1n) is 13.6. The van der Waals surface area contributed by atoms with Crippen LogP contribution in [-0.2, 0) is 28.1 Å². The van der Waals surface area contributed by atoms with E-state index < -0.39 is 22.8 Å². The lowest BCUT2D eigenvalue weighted by Gasteiger charge is -2.38. The highest BCUT2D eigenvalue weighted by atomic mass is 16.4. The normalized spacial score (nSPS) is 23.4. The zero-order valence-corrected chi connectivity index (χ0v) is 22.0. The fourth-order valence-electron chi connectivity index (χ4n) is 6.60. The Morgan fingerprint density at radius 2 is 1.76 bits per heavy atom. The van der Waals surface area contributed by atoms with E-state index in [9.17, 15) is 24.3 Å². The Hall–Kier alpha value is -3.69. The zero-order valence-electron chi connectivity index (χ0n) is 22.0. The molecule has 2 aliphatic rings. The Morgan fingerprint density at radius 3 is 2.45 bits per heavy atom. The van der Waals surface area contributed by atoms with Gasteiger partial charge in [-0.2, -0.15) is 0 Å². The van der Waals surface area contributed by atoms with Crippen LogP contribution in [0.4, 0.5) is 0 Å². The number of hydrogen-bond donors (Lipinski definition) is 3. The van der Waals surface area contributed by atoms with Crippen molar-refractivity contribution in [2.24, 2.45) is 5.41 Å². The molecule has 2 fully saturated rings. The first kappa shape index (κ1) is 25.9. The van der Waals surface area contributed by atoms with Crippen LogP contribution in [0.5, 0.6) is 0 Å². The van der Waals surface area contributed by atoms with E-state index in [0.29, 0.717) is 67.7 Å². The molecule has 2 unspecified atom stereocenters. The van der Waals surface area contributed by atoms with Crippen molar-refractivity contribution in [2.45, 2.75) is 89.8 Å². The zero-order chi connectivity index (χ0) is 27.1. The molecule has 1 aromatic carbocycles. The minimum Gasteiger partial charge on any atom is -0.479 e. The number of nitrogens with one attached hydrogen (secondary N) is 2. The van der Waals surface area contributed by atoms with Crippen LogP contribution in [0.25, 0.3) is 11.2 Å². The Bertz CT molecular complexity index is 1490. The molecule has 0 saturated heterocycles. The number of H-pyrrole nitrogens is 1. The van der Waals surface area contributed by atoms with Gasteiger partial charge in [0, 0.05) is 18.5 Å². The predicted octanol–water partition coefficient (Wildman–Crippen LogP) is 3.24. The van der Waals surface area contributed by atoms with E-state index in [2.05, 4.69) is 10.3 Å². The molecule has 10 heteroatoms. The van der Waals surface area contributed by atoms with Crippen LogP contribution in [0.2, 0.25) is 0 Å². The smallest absolute Gasteiger partial charge is 0.332 e.